The summed E-state index contributed by atoms with van der Waals surface area (Å²) in [5.41, 5.74) is -1.24. The van der Waals surface area contributed by atoms with Gasteiger partial charge in [0, 0.05) is 27.5 Å². The van der Waals surface area contributed by atoms with Gasteiger partial charge in [0.05, 0.1) is 10.9 Å². The molecule has 0 spiro atoms. The number of likely N-dealkylation sites (tertiary alicyclic amines) is 1. The number of carbonyl (C=O) groups excluding carboxylic acids is 4. The zero-order valence-electron chi connectivity index (χ0n) is 27.8. The van der Waals surface area contributed by atoms with Gasteiger partial charge < -0.3 is 25.6 Å². The van der Waals surface area contributed by atoms with Gasteiger partial charge in [0.25, 0.3) is 5.91 Å². The number of alkyl halides is 1. The zero-order chi connectivity index (χ0) is 35.2. The summed E-state index contributed by atoms with van der Waals surface area (Å²) in [6, 6.07) is 7.23. The quantitative estimate of drug-likeness (QED) is 0.206. The number of sulfonamides is 1. The van der Waals surface area contributed by atoms with Crippen LogP contribution in [-0.4, -0.2) is 87.1 Å². The van der Waals surface area contributed by atoms with Crippen LogP contribution in [0.15, 0.2) is 35.7 Å². The van der Waals surface area contributed by atoms with E-state index in [-0.39, 0.29) is 23.3 Å². The van der Waals surface area contributed by atoms with Gasteiger partial charge in [-0.15, -0.1) is 11.3 Å². The molecule has 5 atom stereocenters. The fourth-order valence-electron chi connectivity index (χ4n) is 5.56. The summed E-state index contributed by atoms with van der Waals surface area (Å²) >= 11 is 3.42. The fraction of sp³-hybridized carbons (Fsp3) is 0.594. The monoisotopic (exact) mass is 814 g/mol. The Morgan fingerprint density at radius 3 is 2.29 bits per heavy atom. The minimum absolute atomic E-state index is 0.114. The van der Waals surface area contributed by atoms with Gasteiger partial charge in [0.15, 0.2) is 5.13 Å². The van der Waals surface area contributed by atoms with Crippen molar-refractivity contribution in [3.63, 3.8) is 0 Å². The molecule has 2 aliphatic carbocycles. The summed E-state index contributed by atoms with van der Waals surface area (Å²) in [6.45, 7) is 10.7. The average Bonchev–Trinajstić information content (AvgIpc) is 3.84. The highest BCUT2D eigenvalue weighted by atomic mass is 127. The molecular formula is C32H43IN6O7S2. The molecule has 4 amide bonds. The first kappa shape index (κ1) is 36.3. The minimum Gasteiger partial charge on any atom is -0.444 e. The van der Waals surface area contributed by atoms with E-state index < -0.39 is 73.8 Å². The third-order valence-electron chi connectivity index (χ3n) is 8.39. The molecule has 262 valence electrons. The number of hydrogen-bond donors (Lipinski definition) is 4. The van der Waals surface area contributed by atoms with E-state index in [0.29, 0.717) is 18.0 Å². The molecule has 0 radical (unpaired) electrons. The zero-order valence-corrected chi connectivity index (χ0v) is 31.6. The van der Waals surface area contributed by atoms with Crippen LogP contribution in [-0.2, 0) is 29.1 Å². The van der Waals surface area contributed by atoms with Crippen LogP contribution in [0.5, 0.6) is 0 Å². The van der Waals surface area contributed by atoms with Crippen LogP contribution in [0.3, 0.4) is 0 Å². The fourth-order valence-corrected chi connectivity index (χ4v) is 8.85. The Kier molecular flexibility index (Phi) is 10.1. The SMILES string of the molecule is CC(C)(C)OC(=O)N[C@H](C(=O)N1C[C@H](Nc2nc(-c3ccccc3)cs2)C[C@H]1C(=O)N[C@]1(C(=O)NS(=O)(=O)C2CC2)C[C@H]1I)C(C)(C)C. The second kappa shape index (κ2) is 13.4. The first-order chi connectivity index (χ1) is 22.3. The minimum atomic E-state index is -3.83. The number of aromatic nitrogens is 1. The topological polar surface area (TPSA) is 176 Å². The van der Waals surface area contributed by atoms with Gasteiger partial charge in [-0.3, -0.25) is 19.1 Å². The molecule has 1 aromatic heterocycles. The standard InChI is InChI=1S/C32H43IN6O7S2/c1-30(2,3)24(36-29(43)46-31(4,5)6)26(41)39-16-19(34-28-35-21(17-47-28)18-10-8-7-9-11-18)14-22(39)25(40)37-32(15-23(32)33)27(42)38-48(44,45)20-12-13-20/h7-11,17,19-20,22-24H,12-16H2,1-6H3,(H,34,35)(H,36,43)(H,37,40)(H,38,42)/t19-,22+,23-,24-,32-/m1/s1. The molecule has 2 aromatic rings. The van der Waals surface area contributed by atoms with E-state index in [0.717, 1.165) is 11.3 Å². The number of anilines is 1. The highest BCUT2D eigenvalue weighted by molar-refractivity contribution is 14.1. The van der Waals surface area contributed by atoms with Crippen LogP contribution in [0.2, 0.25) is 0 Å². The molecule has 0 bridgehead atoms. The summed E-state index contributed by atoms with van der Waals surface area (Å²) in [5.74, 6) is -1.85. The second-order valence-electron chi connectivity index (χ2n) is 14.7. The molecule has 4 N–H and O–H groups in total. The van der Waals surface area contributed by atoms with E-state index in [4.69, 9.17) is 9.72 Å². The van der Waals surface area contributed by atoms with E-state index >= 15 is 0 Å². The Bertz CT molecular complexity index is 1670. The second-order valence-corrected chi connectivity index (χ2v) is 19.1. The normalized spacial score (nSPS) is 24.7. The number of nitrogens with one attached hydrogen (secondary N) is 4. The summed E-state index contributed by atoms with van der Waals surface area (Å²) in [5, 5.41) is 10.8. The number of hydrogen-bond acceptors (Lipinski definition) is 10. The molecule has 2 saturated carbocycles. The van der Waals surface area contributed by atoms with Gasteiger partial charge in [-0.1, -0.05) is 73.7 Å². The molecule has 3 aliphatic rings. The van der Waals surface area contributed by atoms with Gasteiger partial charge >= 0.3 is 6.09 Å². The number of benzene rings is 1. The molecule has 3 fully saturated rings. The summed E-state index contributed by atoms with van der Waals surface area (Å²) in [7, 11) is -3.83. The van der Waals surface area contributed by atoms with Gasteiger partial charge in [0.1, 0.15) is 23.2 Å². The van der Waals surface area contributed by atoms with Crippen LogP contribution in [0.4, 0.5) is 9.93 Å². The predicted molar refractivity (Wildman–Crippen MR) is 191 cm³/mol. The number of carbonyl (C=O) groups is 4. The Morgan fingerprint density at radius 1 is 1.08 bits per heavy atom. The molecule has 13 nitrogen and oxygen atoms in total. The van der Waals surface area contributed by atoms with Gasteiger partial charge in [-0.05, 0) is 51.9 Å². The van der Waals surface area contributed by atoms with Crippen molar-refractivity contribution >= 4 is 72.9 Å². The molecule has 1 saturated heterocycles. The Hall–Kier alpha value is -2.99. The number of halogens is 1. The number of nitrogens with zero attached hydrogens (tertiary/aromatic N) is 2. The van der Waals surface area contributed by atoms with Crippen molar-refractivity contribution in [2.24, 2.45) is 5.41 Å². The molecule has 48 heavy (non-hydrogen) atoms. The van der Waals surface area contributed by atoms with Crippen LogP contribution < -0.4 is 20.7 Å². The lowest BCUT2D eigenvalue weighted by Gasteiger charge is -2.36. The van der Waals surface area contributed by atoms with Crippen molar-refractivity contribution in [1.29, 1.82) is 0 Å². The summed E-state index contributed by atoms with van der Waals surface area (Å²) in [4.78, 5) is 60.6. The number of amides is 4. The van der Waals surface area contributed by atoms with Gasteiger partial charge in [0.2, 0.25) is 21.8 Å². The van der Waals surface area contributed by atoms with Crippen molar-refractivity contribution in [2.75, 3.05) is 11.9 Å². The van der Waals surface area contributed by atoms with E-state index in [2.05, 4.69) is 20.7 Å². The molecule has 1 aliphatic heterocycles. The molecule has 1 aromatic carbocycles. The number of rotatable bonds is 10. The van der Waals surface area contributed by atoms with Crippen LogP contribution in [0.25, 0.3) is 11.3 Å². The first-order valence-electron chi connectivity index (χ1n) is 15.9. The molecular weight excluding hydrogens is 771 g/mol. The third kappa shape index (κ3) is 8.41. The summed E-state index contributed by atoms with van der Waals surface area (Å²) in [6.07, 6.45) is 0.647. The number of thiazole rings is 1. The predicted octanol–water partition coefficient (Wildman–Crippen LogP) is 3.80. The summed E-state index contributed by atoms with van der Waals surface area (Å²) < 4.78 is 32.4. The van der Waals surface area contributed by atoms with Crippen molar-refractivity contribution in [3.05, 3.63) is 35.7 Å². The highest BCUT2D eigenvalue weighted by Gasteiger charge is 2.62. The van der Waals surface area contributed by atoms with Gasteiger partial charge in [-0.25, -0.2) is 18.2 Å². The van der Waals surface area contributed by atoms with Crippen LogP contribution in [0.1, 0.15) is 67.2 Å². The van der Waals surface area contributed by atoms with E-state index in [1.807, 2.05) is 58.3 Å². The van der Waals surface area contributed by atoms with Crippen molar-refractivity contribution < 1.29 is 32.3 Å². The van der Waals surface area contributed by atoms with Crippen LogP contribution in [0, 0.1) is 5.41 Å². The molecule has 5 rings (SSSR count). The largest absolute Gasteiger partial charge is 0.444 e. The van der Waals surface area contributed by atoms with E-state index in [1.165, 1.54) is 16.2 Å². The van der Waals surface area contributed by atoms with E-state index in [9.17, 15) is 27.6 Å². The number of ether oxygens (including phenoxy) is 1. The average molecular weight is 815 g/mol. The lowest BCUT2D eigenvalue weighted by molar-refractivity contribution is -0.142. The van der Waals surface area contributed by atoms with Crippen molar-refractivity contribution in [2.45, 2.75) is 106 Å². The van der Waals surface area contributed by atoms with E-state index in [1.54, 1.807) is 41.5 Å². The van der Waals surface area contributed by atoms with Crippen molar-refractivity contribution in [3.8, 4) is 11.3 Å². The Morgan fingerprint density at radius 2 is 1.73 bits per heavy atom. The third-order valence-corrected chi connectivity index (χ3v) is 12.5. The smallest absolute Gasteiger partial charge is 0.408 e. The van der Waals surface area contributed by atoms with Crippen LogP contribution >= 0.6 is 33.9 Å². The maximum atomic E-state index is 14.3. The highest BCUT2D eigenvalue weighted by Crippen LogP contribution is 2.44. The molecule has 2 heterocycles. The molecule has 0 unspecified atom stereocenters. The Labute approximate surface area is 298 Å². The van der Waals surface area contributed by atoms with Gasteiger partial charge in [-0.2, -0.15) is 0 Å². The first-order valence-corrected chi connectivity index (χ1v) is 19.6. The molecule has 16 heteroatoms. The lowest BCUT2D eigenvalue weighted by Crippen LogP contribution is -2.60. The maximum Gasteiger partial charge on any atom is 0.408 e. The number of alkyl carbamates (subject to hydrolysis) is 1. The Balaban J connectivity index is 1.38. The maximum absolute atomic E-state index is 14.3. The van der Waals surface area contributed by atoms with Crippen molar-refractivity contribution in [1.82, 2.24) is 25.2 Å². The lowest BCUT2D eigenvalue weighted by atomic mass is 9.85.